The zero-order chi connectivity index (χ0) is 25.1. The molecule has 0 spiro atoms. The van der Waals surface area contributed by atoms with Gasteiger partial charge in [-0.1, -0.05) is 91.9 Å². The van der Waals surface area contributed by atoms with Crippen LogP contribution in [0.1, 0.15) is 45.2 Å². The van der Waals surface area contributed by atoms with Crippen LogP contribution in [0.5, 0.6) is 0 Å². The molecular weight excluding hydrogens is 436 g/mol. The Morgan fingerprint density at radius 3 is 1.94 bits per heavy atom. The van der Waals surface area contributed by atoms with Crippen molar-refractivity contribution < 1.29 is 14.3 Å². The third-order valence-electron chi connectivity index (χ3n) is 6.43. The highest BCUT2D eigenvalue weighted by Gasteiger charge is 2.45. The minimum atomic E-state index is -0.681. The maximum Gasteiger partial charge on any atom is 0.193 e. The predicted octanol–water partition coefficient (Wildman–Crippen LogP) is 4.56. The molecule has 2 unspecified atom stereocenters. The van der Waals surface area contributed by atoms with Crippen LogP contribution in [0.15, 0.2) is 84.9 Å². The van der Waals surface area contributed by atoms with Crippen LogP contribution in [0.3, 0.4) is 0 Å². The summed E-state index contributed by atoms with van der Waals surface area (Å²) in [5, 5.41) is 6.14. The number of hydrogen-bond acceptors (Lipinski definition) is 5. The number of hydrogen-bond donors (Lipinski definition) is 2. The molecule has 1 aliphatic rings. The fourth-order valence-electron chi connectivity index (χ4n) is 4.55. The largest absolute Gasteiger partial charge is 0.375 e. The van der Waals surface area contributed by atoms with Crippen molar-refractivity contribution in [3.05, 3.63) is 107 Å². The summed E-state index contributed by atoms with van der Waals surface area (Å²) in [6.07, 6.45) is 1.01. The van der Waals surface area contributed by atoms with E-state index < -0.39 is 5.41 Å². The zero-order valence-electron chi connectivity index (χ0n) is 20.9. The number of Topliss-reactive ketones (excluding diaryl/α,β-unsaturated/α-hetero) is 1. The summed E-state index contributed by atoms with van der Waals surface area (Å²) in [5.74, 6) is 0.109. The van der Waals surface area contributed by atoms with E-state index in [-0.39, 0.29) is 17.7 Å². The number of carbonyl (C=O) groups is 2. The van der Waals surface area contributed by atoms with E-state index in [0.717, 1.165) is 12.1 Å². The number of morpholine rings is 1. The van der Waals surface area contributed by atoms with Gasteiger partial charge in [-0.25, -0.2) is 0 Å². The van der Waals surface area contributed by atoms with Crippen molar-refractivity contribution in [2.75, 3.05) is 33.8 Å². The molecule has 2 atom stereocenters. The summed E-state index contributed by atoms with van der Waals surface area (Å²) in [6, 6.07) is 26.4. The summed E-state index contributed by atoms with van der Waals surface area (Å²) in [7, 11) is 3.75. The van der Waals surface area contributed by atoms with Gasteiger partial charge in [-0.2, -0.15) is 0 Å². The lowest BCUT2D eigenvalue weighted by Crippen LogP contribution is -2.53. The maximum absolute atomic E-state index is 13.8. The van der Waals surface area contributed by atoms with Gasteiger partial charge in [0.05, 0.1) is 18.1 Å². The first-order valence-electron chi connectivity index (χ1n) is 12.2. The molecule has 0 radical (unpaired) electrons. The maximum atomic E-state index is 13.8. The minimum absolute atomic E-state index is 0.000851. The molecule has 5 heteroatoms. The molecule has 2 N–H and O–H groups in total. The van der Waals surface area contributed by atoms with Gasteiger partial charge in [0.2, 0.25) is 0 Å². The molecule has 0 bridgehead atoms. The van der Waals surface area contributed by atoms with Gasteiger partial charge in [-0.3, -0.25) is 9.59 Å². The molecule has 0 amide bonds. The third kappa shape index (κ3) is 6.51. The molecule has 184 valence electrons. The van der Waals surface area contributed by atoms with Crippen molar-refractivity contribution in [3.8, 4) is 0 Å². The number of ketones is 2. The molecule has 0 aromatic heterocycles. The van der Waals surface area contributed by atoms with Crippen LogP contribution in [0.25, 0.3) is 0 Å². The predicted molar refractivity (Wildman–Crippen MR) is 141 cm³/mol. The van der Waals surface area contributed by atoms with Crippen LogP contribution in [-0.4, -0.2) is 51.5 Å². The Bertz CT molecular complexity index is 1060. The highest BCUT2D eigenvalue weighted by molar-refractivity contribution is 6.09. The van der Waals surface area contributed by atoms with Gasteiger partial charge >= 0.3 is 0 Å². The summed E-state index contributed by atoms with van der Waals surface area (Å²) in [5.41, 5.74) is 2.37. The lowest BCUT2D eigenvalue weighted by atomic mass is 9.69. The quantitative estimate of drug-likeness (QED) is 0.471. The fraction of sp³-hybridized carbons (Fsp3) is 0.333. The monoisotopic (exact) mass is 472 g/mol. The number of benzene rings is 3. The highest BCUT2D eigenvalue weighted by Crippen LogP contribution is 2.37. The number of carbonyl (C=O) groups excluding carboxylic acids is 2. The van der Waals surface area contributed by atoms with E-state index in [1.54, 1.807) is 0 Å². The third-order valence-corrected chi connectivity index (χ3v) is 6.43. The van der Waals surface area contributed by atoms with Gasteiger partial charge in [0, 0.05) is 29.8 Å². The molecule has 1 aliphatic heterocycles. The molecule has 3 aromatic rings. The summed E-state index contributed by atoms with van der Waals surface area (Å²) in [4.78, 5) is 26.6. The van der Waals surface area contributed by atoms with Crippen LogP contribution in [-0.2, 0) is 11.2 Å². The average molecular weight is 473 g/mol. The summed E-state index contributed by atoms with van der Waals surface area (Å²) >= 11 is 0. The first kappa shape index (κ1) is 26.5. The molecule has 35 heavy (non-hydrogen) atoms. The van der Waals surface area contributed by atoms with E-state index in [4.69, 9.17) is 4.74 Å². The topological polar surface area (TPSA) is 67.4 Å². The first-order valence-corrected chi connectivity index (χ1v) is 12.2. The van der Waals surface area contributed by atoms with Crippen molar-refractivity contribution in [2.45, 2.75) is 25.9 Å². The van der Waals surface area contributed by atoms with E-state index in [1.807, 2.05) is 99.0 Å². The van der Waals surface area contributed by atoms with Gasteiger partial charge in [-0.05, 0) is 32.5 Å². The van der Waals surface area contributed by atoms with Gasteiger partial charge < -0.3 is 15.4 Å². The Kier molecular flexibility index (Phi) is 9.91. The van der Waals surface area contributed by atoms with Crippen LogP contribution < -0.4 is 10.6 Å². The van der Waals surface area contributed by atoms with Gasteiger partial charge in [0.15, 0.2) is 11.6 Å². The summed E-state index contributed by atoms with van der Waals surface area (Å²) < 4.78 is 6.13. The van der Waals surface area contributed by atoms with Gasteiger partial charge in [0.25, 0.3) is 0 Å². The Morgan fingerprint density at radius 2 is 1.43 bits per heavy atom. The Labute approximate surface area is 208 Å². The fourth-order valence-corrected chi connectivity index (χ4v) is 4.55. The lowest BCUT2D eigenvalue weighted by molar-refractivity contribution is -0.0466. The Hall–Kier alpha value is -3.12. The number of rotatable bonds is 8. The van der Waals surface area contributed by atoms with Gasteiger partial charge in [-0.15, -0.1) is 0 Å². The van der Waals surface area contributed by atoms with Crippen LogP contribution in [0.4, 0.5) is 0 Å². The molecule has 1 fully saturated rings. The van der Waals surface area contributed by atoms with Crippen LogP contribution in [0, 0.1) is 5.41 Å². The zero-order valence-corrected chi connectivity index (χ0v) is 20.9. The normalized spacial score (nSPS) is 16.9. The van der Waals surface area contributed by atoms with Gasteiger partial charge in [0.1, 0.15) is 0 Å². The molecule has 3 aromatic carbocycles. The minimum Gasteiger partial charge on any atom is -0.375 e. The molecule has 0 saturated carbocycles. The average Bonchev–Trinajstić information content (AvgIpc) is 2.93. The standard InChI is InChI=1S/C28H29NO3.C2H7N/c1-2-28(25-20-29-17-18-32-25,27(31)24-11-7-4-8-12-24)19-21-13-15-23(16-14-21)26(30)22-9-5-3-6-10-22;1-3-2/h3-16,25,29H,2,17-20H2,1H3;3H,1-2H3. The van der Waals surface area contributed by atoms with E-state index in [1.165, 1.54) is 0 Å². The lowest BCUT2D eigenvalue weighted by Gasteiger charge is -2.41. The highest BCUT2D eigenvalue weighted by atomic mass is 16.5. The molecular formula is C30H36N2O3. The van der Waals surface area contributed by atoms with Crippen LogP contribution >= 0.6 is 0 Å². The Morgan fingerprint density at radius 1 is 0.886 bits per heavy atom. The van der Waals surface area contributed by atoms with Crippen molar-refractivity contribution in [2.24, 2.45) is 5.41 Å². The van der Waals surface area contributed by atoms with E-state index in [9.17, 15) is 9.59 Å². The van der Waals surface area contributed by atoms with E-state index in [2.05, 4.69) is 17.6 Å². The molecule has 5 nitrogen and oxygen atoms in total. The molecule has 1 saturated heterocycles. The molecule has 4 rings (SSSR count). The molecule has 1 heterocycles. The molecule has 0 aliphatic carbocycles. The van der Waals surface area contributed by atoms with Crippen LogP contribution in [0.2, 0.25) is 0 Å². The second kappa shape index (κ2) is 13.1. The van der Waals surface area contributed by atoms with E-state index in [0.29, 0.717) is 42.7 Å². The SMILES string of the molecule is CCC(Cc1ccc(C(=O)c2ccccc2)cc1)(C(=O)c1ccccc1)C1CNCCO1.CNC. The van der Waals surface area contributed by atoms with Crippen molar-refractivity contribution in [1.82, 2.24) is 10.6 Å². The Balaban J connectivity index is 0.00000108. The second-order valence-electron chi connectivity index (χ2n) is 8.84. The van der Waals surface area contributed by atoms with Crippen molar-refractivity contribution in [1.29, 1.82) is 0 Å². The van der Waals surface area contributed by atoms with Crippen molar-refractivity contribution >= 4 is 11.6 Å². The van der Waals surface area contributed by atoms with E-state index >= 15 is 0 Å². The van der Waals surface area contributed by atoms with Crippen molar-refractivity contribution in [3.63, 3.8) is 0 Å². The summed E-state index contributed by atoms with van der Waals surface area (Å²) in [6.45, 7) is 4.11. The first-order chi connectivity index (χ1) is 17.1. The second-order valence-corrected chi connectivity index (χ2v) is 8.84. The smallest absolute Gasteiger partial charge is 0.193 e. The number of nitrogens with one attached hydrogen (secondary N) is 2. The number of ether oxygens (including phenoxy) is 1.